The summed E-state index contributed by atoms with van der Waals surface area (Å²) in [5, 5.41) is 0. The minimum atomic E-state index is 0.371. The molecule has 0 saturated carbocycles. The normalized spacial score (nSPS) is 30.1. The topological polar surface area (TPSA) is 9.23 Å². The van der Waals surface area contributed by atoms with Gasteiger partial charge < -0.3 is 4.74 Å². The molecule has 0 aromatic rings. The second-order valence-corrected chi connectivity index (χ2v) is 9.09. The Hall–Kier alpha value is -0.915. The molecule has 24 heavy (non-hydrogen) atoms. The van der Waals surface area contributed by atoms with Gasteiger partial charge in [-0.3, -0.25) is 0 Å². The van der Waals surface area contributed by atoms with Gasteiger partial charge in [0.15, 0.2) is 6.71 Å². The number of rotatable bonds is 8. The Morgan fingerprint density at radius 3 is 2.67 bits per heavy atom. The molecular weight excluding hydrogens is 291 g/mol. The van der Waals surface area contributed by atoms with Gasteiger partial charge in [-0.1, -0.05) is 69.6 Å². The Morgan fingerprint density at radius 2 is 2.08 bits per heavy atom. The molecule has 1 aliphatic heterocycles. The summed E-state index contributed by atoms with van der Waals surface area (Å²) in [6.45, 7) is 16.9. The molecule has 1 heterocycles. The van der Waals surface area contributed by atoms with E-state index in [9.17, 15) is 0 Å². The van der Waals surface area contributed by atoms with Crippen molar-refractivity contribution < 1.29 is 4.74 Å². The molecule has 1 nitrogen and oxygen atoms in total. The van der Waals surface area contributed by atoms with Crippen molar-refractivity contribution in [3.63, 3.8) is 0 Å². The molecule has 0 aromatic heterocycles. The maximum absolute atomic E-state index is 5.90. The number of unbranched alkanes of at least 4 members (excludes halogenated alkanes) is 1. The maximum atomic E-state index is 5.90. The minimum absolute atomic E-state index is 0.371. The first kappa shape index (κ1) is 19.4. The third kappa shape index (κ3) is 5.29. The van der Waals surface area contributed by atoms with E-state index in [1.165, 1.54) is 50.3 Å². The molecule has 0 amide bonds. The second kappa shape index (κ2) is 7.98. The number of hydrogen-bond acceptors (Lipinski definition) is 1. The Morgan fingerprint density at radius 1 is 1.33 bits per heavy atom. The van der Waals surface area contributed by atoms with Gasteiger partial charge in [-0.15, -0.1) is 0 Å². The summed E-state index contributed by atoms with van der Waals surface area (Å²) >= 11 is 0. The highest BCUT2D eigenvalue weighted by Crippen LogP contribution is 2.55. The molecule has 134 valence electrons. The van der Waals surface area contributed by atoms with Crippen LogP contribution in [0.2, 0.25) is 12.6 Å². The van der Waals surface area contributed by atoms with E-state index >= 15 is 0 Å². The van der Waals surface area contributed by atoms with Crippen LogP contribution in [0.25, 0.3) is 0 Å². The van der Waals surface area contributed by atoms with E-state index in [1.807, 2.05) is 0 Å². The van der Waals surface area contributed by atoms with Crippen LogP contribution in [0.3, 0.4) is 0 Å². The fourth-order valence-corrected chi connectivity index (χ4v) is 5.35. The highest BCUT2D eigenvalue weighted by molar-refractivity contribution is 6.65. The van der Waals surface area contributed by atoms with Gasteiger partial charge in [-0.25, -0.2) is 0 Å². The van der Waals surface area contributed by atoms with Crippen molar-refractivity contribution in [3.8, 4) is 0 Å². The van der Waals surface area contributed by atoms with Crippen LogP contribution in [0, 0.1) is 10.8 Å². The van der Waals surface area contributed by atoms with E-state index in [1.54, 1.807) is 5.57 Å². The Balaban J connectivity index is 2.17. The minimum Gasteiger partial charge on any atom is -0.499 e. The molecule has 0 aromatic carbocycles. The van der Waals surface area contributed by atoms with Gasteiger partial charge in [0.25, 0.3) is 0 Å². The van der Waals surface area contributed by atoms with Crippen LogP contribution < -0.4 is 0 Å². The van der Waals surface area contributed by atoms with Crippen LogP contribution in [-0.4, -0.2) is 13.3 Å². The van der Waals surface area contributed by atoms with Crippen LogP contribution in [0.4, 0.5) is 0 Å². The molecule has 2 heteroatoms. The zero-order chi connectivity index (χ0) is 17.8. The number of allylic oxidation sites excluding steroid dienone is 3. The first-order valence-electron chi connectivity index (χ1n) is 9.96. The smallest absolute Gasteiger partial charge is 0.172 e. The molecule has 0 N–H and O–H groups in total. The van der Waals surface area contributed by atoms with Gasteiger partial charge in [-0.05, 0) is 50.4 Å². The molecule has 1 aliphatic carbocycles. The summed E-state index contributed by atoms with van der Waals surface area (Å²) in [4.78, 5) is 0. The predicted octanol–water partition coefficient (Wildman–Crippen LogP) is 6.84. The average molecular weight is 328 g/mol. The first-order chi connectivity index (χ1) is 11.3. The van der Waals surface area contributed by atoms with Gasteiger partial charge in [0.1, 0.15) is 0 Å². The molecule has 0 radical (unpaired) electrons. The van der Waals surface area contributed by atoms with Crippen molar-refractivity contribution in [2.24, 2.45) is 10.8 Å². The molecule has 2 atom stereocenters. The van der Waals surface area contributed by atoms with Gasteiger partial charge >= 0.3 is 0 Å². The second-order valence-electron chi connectivity index (χ2n) is 9.09. The van der Waals surface area contributed by atoms with Gasteiger partial charge in [0.05, 0.1) is 12.4 Å². The number of ether oxygens (including phenoxy) is 1. The zero-order valence-electron chi connectivity index (χ0n) is 16.7. The lowest BCUT2D eigenvalue weighted by atomic mass is 9.30. The van der Waals surface area contributed by atoms with E-state index in [-0.39, 0.29) is 0 Å². The molecule has 0 spiro atoms. The fraction of sp³-hybridized carbons (Fsp3) is 0.727. The standard InChI is InChI=1S/C22H37BO/c1-7-9-10-19-12-21(5)15-22(6,13-19)17-23(16-21)14-20(24-8-2)11-18(3)4/h12,14H,3,7-11,13,15-17H2,1-2,4-6H3/b20-14+. The summed E-state index contributed by atoms with van der Waals surface area (Å²) in [6, 6.07) is 0. The maximum Gasteiger partial charge on any atom is 0.172 e. The van der Waals surface area contributed by atoms with E-state index in [0.29, 0.717) is 17.5 Å². The van der Waals surface area contributed by atoms with E-state index in [0.717, 1.165) is 18.8 Å². The third-order valence-electron chi connectivity index (χ3n) is 5.60. The Bertz CT molecular complexity index is 518. The molecule has 2 rings (SSSR count). The Kier molecular flexibility index (Phi) is 6.45. The van der Waals surface area contributed by atoms with Crippen molar-refractivity contribution in [1.82, 2.24) is 0 Å². The van der Waals surface area contributed by atoms with Crippen molar-refractivity contribution in [2.45, 2.75) is 85.8 Å². The summed E-state index contributed by atoms with van der Waals surface area (Å²) in [5.41, 5.74) is 3.75. The lowest BCUT2D eigenvalue weighted by Gasteiger charge is -2.50. The summed E-state index contributed by atoms with van der Waals surface area (Å²) < 4.78 is 5.90. The average Bonchev–Trinajstić information content (AvgIpc) is 2.41. The summed E-state index contributed by atoms with van der Waals surface area (Å²) in [7, 11) is 0. The van der Waals surface area contributed by atoms with E-state index in [4.69, 9.17) is 4.74 Å². The van der Waals surface area contributed by atoms with Crippen LogP contribution in [0.15, 0.2) is 35.5 Å². The first-order valence-corrected chi connectivity index (χ1v) is 9.96. The van der Waals surface area contributed by atoms with E-state index in [2.05, 4.69) is 53.2 Å². The van der Waals surface area contributed by atoms with Gasteiger partial charge in [0.2, 0.25) is 0 Å². The summed E-state index contributed by atoms with van der Waals surface area (Å²) in [5.74, 6) is 3.57. The molecule has 1 saturated heterocycles. The number of hydrogen-bond donors (Lipinski definition) is 0. The third-order valence-corrected chi connectivity index (χ3v) is 5.60. The molecule has 2 aliphatic rings. The fourth-order valence-electron chi connectivity index (χ4n) is 5.35. The lowest BCUT2D eigenvalue weighted by Crippen LogP contribution is -2.42. The molecular formula is C22H37BO. The predicted molar refractivity (Wildman–Crippen MR) is 108 cm³/mol. The zero-order valence-corrected chi connectivity index (χ0v) is 16.7. The van der Waals surface area contributed by atoms with Crippen molar-refractivity contribution in [3.05, 3.63) is 35.5 Å². The molecule has 2 bridgehead atoms. The molecule has 1 fully saturated rings. The van der Waals surface area contributed by atoms with Crippen molar-refractivity contribution in [2.75, 3.05) is 6.61 Å². The highest BCUT2D eigenvalue weighted by atomic mass is 16.5. The Labute approximate surface area is 150 Å². The van der Waals surface area contributed by atoms with Crippen molar-refractivity contribution >= 4 is 6.71 Å². The number of fused-ring (bicyclic) bond motifs is 2. The summed E-state index contributed by atoms with van der Waals surface area (Å²) in [6.07, 6.45) is 12.7. The van der Waals surface area contributed by atoms with E-state index < -0.39 is 0 Å². The van der Waals surface area contributed by atoms with Crippen molar-refractivity contribution in [1.29, 1.82) is 0 Å². The van der Waals surface area contributed by atoms with Crippen LogP contribution in [-0.2, 0) is 4.74 Å². The van der Waals surface area contributed by atoms with Crippen LogP contribution in [0.1, 0.15) is 73.1 Å². The van der Waals surface area contributed by atoms with Gasteiger partial charge in [-0.2, -0.15) is 0 Å². The monoisotopic (exact) mass is 328 g/mol. The highest BCUT2D eigenvalue weighted by Gasteiger charge is 2.46. The van der Waals surface area contributed by atoms with Crippen LogP contribution >= 0.6 is 0 Å². The SMILES string of the molecule is C=C(C)C/C(=C\B1CC2(C)C=C(CCCC)CC(C)(C1)C2)OCC. The molecule has 2 unspecified atom stereocenters. The van der Waals surface area contributed by atoms with Crippen LogP contribution in [0.5, 0.6) is 0 Å². The lowest BCUT2D eigenvalue weighted by molar-refractivity contribution is 0.192. The quantitative estimate of drug-likeness (QED) is 0.269. The largest absolute Gasteiger partial charge is 0.499 e. The van der Waals surface area contributed by atoms with Gasteiger partial charge in [0, 0.05) is 6.42 Å².